The quantitative estimate of drug-likeness (QED) is 0.0868. The van der Waals surface area contributed by atoms with Gasteiger partial charge in [-0.15, -0.1) is 6.58 Å². The van der Waals surface area contributed by atoms with E-state index >= 15 is 0 Å². The third-order valence-electron chi connectivity index (χ3n) is 3.94. The normalized spacial score (nSPS) is 13.0. The number of hydrogen-bond acceptors (Lipinski definition) is 9. The fourth-order valence-electron chi connectivity index (χ4n) is 2.37. The average molecular weight is 461 g/mol. The third-order valence-corrected chi connectivity index (χ3v) is 4.99. The van der Waals surface area contributed by atoms with Crippen molar-refractivity contribution in [3.05, 3.63) is 12.7 Å². The largest absolute Gasteiger partial charge is 1.00 e. The molecule has 0 aliphatic rings. The molecule has 0 amide bonds. The Morgan fingerprint density at radius 3 is 2.23 bits per heavy atom. The van der Waals surface area contributed by atoms with Crippen molar-refractivity contribution < 1.29 is 71.4 Å². The van der Waals surface area contributed by atoms with Gasteiger partial charge in [0.15, 0.2) is 5.25 Å². The zero-order valence-corrected chi connectivity index (χ0v) is 20.9. The van der Waals surface area contributed by atoms with Gasteiger partial charge in [0.05, 0.1) is 26.2 Å². The summed E-state index contributed by atoms with van der Waals surface area (Å²) in [6.07, 6.45) is 6.44. The van der Waals surface area contributed by atoms with Crippen LogP contribution in [0.4, 0.5) is 0 Å². The Bertz CT molecular complexity index is 581. The van der Waals surface area contributed by atoms with E-state index in [-0.39, 0.29) is 49.4 Å². The van der Waals surface area contributed by atoms with Crippen molar-refractivity contribution in [1.29, 1.82) is 0 Å². The summed E-state index contributed by atoms with van der Waals surface area (Å²) in [6.45, 7) is 5.07. The molecule has 0 aliphatic heterocycles. The summed E-state index contributed by atoms with van der Waals surface area (Å²) >= 11 is 0. The maximum atomic E-state index is 11.9. The molecule has 0 aromatic rings. The number of aliphatic hydroxyl groups is 1. The topological polar surface area (TPSA) is 139 Å². The van der Waals surface area contributed by atoms with Crippen LogP contribution < -0.4 is 29.6 Å². The smallest absolute Gasteiger partial charge is 0.747 e. The zero-order chi connectivity index (χ0) is 22.1. The molecule has 2 unspecified atom stereocenters. The van der Waals surface area contributed by atoms with Crippen LogP contribution in [0.25, 0.3) is 0 Å². The molecule has 2 atom stereocenters. The molecule has 0 spiro atoms. The Labute approximate surface area is 201 Å². The number of unbranched alkanes of at least 4 members (excludes halogenated alkanes) is 6. The van der Waals surface area contributed by atoms with Crippen LogP contribution in [0.1, 0.15) is 58.3 Å². The molecule has 170 valence electrons. The number of rotatable bonds is 18. The number of aliphatic hydroxyl groups excluding tert-OH is 1. The maximum Gasteiger partial charge on any atom is 1.00 e. The van der Waals surface area contributed by atoms with Crippen molar-refractivity contribution >= 4 is 22.1 Å². The van der Waals surface area contributed by atoms with E-state index in [9.17, 15) is 27.7 Å². The minimum Gasteiger partial charge on any atom is -0.747 e. The minimum absolute atomic E-state index is 0. The molecule has 9 nitrogen and oxygen atoms in total. The number of ether oxygens (including phenoxy) is 3. The van der Waals surface area contributed by atoms with Gasteiger partial charge in [-0.25, -0.2) is 8.42 Å². The van der Waals surface area contributed by atoms with E-state index in [4.69, 9.17) is 9.47 Å². The molecule has 0 fully saturated rings. The average Bonchev–Trinajstić information content (AvgIpc) is 2.65. The fourth-order valence-corrected chi connectivity index (χ4v) is 3.01. The summed E-state index contributed by atoms with van der Waals surface area (Å²) in [5.41, 5.74) is 0. The first-order valence-electron chi connectivity index (χ1n) is 9.86. The van der Waals surface area contributed by atoms with E-state index in [2.05, 4.69) is 18.2 Å². The summed E-state index contributed by atoms with van der Waals surface area (Å²) in [4.78, 5) is 23.7. The van der Waals surface area contributed by atoms with Crippen molar-refractivity contribution in [3.8, 4) is 0 Å². The van der Waals surface area contributed by atoms with E-state index in [1.54, 1.807) is 0 Å². The van der Waals surface area contributed by atoms with Crippen molar-refractivity contribution in [2.75, 3.05) is 26.4 Å². The van der Waals surface area contributed by atoms with Gasteiger partial charge in [0.1, 0.15) is 22.8 Å². The summed E-state index contributed by atoms with van der Waals surface area (Å²) in [5.74, 6) is -2.37. The Balaban J connectivity index is 0. The standard InChI is InChI=1S/C19H34O9S.Na/c1-3-5-6-7-8-9-10-12-27-18(21)13-17(29(23,24)25)19(22)28-15-16(20)14-26-11-4-2;/h4,16-17,20H,2-3,5-15H2,1H3,(H,23,24,25);/q;+1/p-1. The van der Waals surface area contributed by atoms with Gasteiger partial charge in [0, 0.05) is 0 Å². The van der Waals surface area contributed by atoms with Crippen molar-refractivity contribution in [3.63, 3.8) is 0 Å². The zero-order valence-electron chi connectivity index (χ0n) is 18.0. The molecule has 0 rings (SSSR count). The fraction of sp³-hybridized carbons (Fsp3) is 0.789. The summed E-state index contributed by atoms with van der Waals surface area (Å²) in [7, 11) is -5.13. The van der Waals surface area contributed by atoms with Crippen LogP contribution in [0.15, 0.2) is 12.7 Å². The summed E-state index contributed by atoms with van der Waals surface area (Å²) < 4.78 is 48.4. The predicted octanol–water partition coefficient (Wildman–Crippen LogP) is -1.31. The van der Waals surface area contributed by atoms with Gasteiger partial charge in [-0.05, 0) is 6.42 Å². The van der Waals surface area contributed by atoms with E-state index in [0.29, 0.717) is 6.42 Å². The van der Waals surface area contributed by atoms with Crippen LogP contribution in [0, 0.1) is 0 Å². The molecular weight excluding hydrogens is 427 g/mol. The first-order valence-corrected chi connectivity index (χ1v) is 11.3. The number of esters is 2. The van der Waals surface area contributed by atoms with Crippen molar-refractivity contribution in [2.45, 2.75) is 69.6 Å². The van der Waals surface area contributed by atoms with Crippen LogP contribution in [0.2, 0.25) is 0 Å². The van der Waals surface area contributed by atoms with Gasteiger partial charge in [0.2, 0.25) is 0 Å². The molecule has 0 saturated carbocycles. The molecule has 0 bridgehead atoms. The number of carbonyl (C=O) groups is 2. The Hall–Kier alpha value is -0.490. The molecule has 0 aliphatic carbocycles. The molecule has 0 aromatic heterocycles. The van der Waals surface area contributed by atoms with Gasteiger partial charge in [0.25, 0.3) is 0 Å². The minimum atomic E-state index is -5.13. The number of hydrogen-bond donors (Lipinski definition) is 1. The van der Waals surface area contributed by atoms with Crippen LogP contribution in [0.5, 0.6) is 0 Å². The second kappa shape index (κ2) is 19.2. The summed E-state index contributed by atoms with van der Waals surface area (Å²) in [6, 6.07) is 0. The van der Waals surface area contributed by atoms with Crippen molar-refractivity contribution in [2.24, 2.45) is 0 Å². The van der Waals surface area contributed by atoms with Gasteiger partial charge in [-0.1, -0.05) is 51.5 Å². The third kappa shape index (κ3) is 17.2. The molecule has 30 heavy (non-hydrogen) atoms. The Morgan fingerprint density at radius 1 is 1.07 bits per heavy atom. The van der Waals surface area contributed by atoms with Crippen LogP contribution in [0.3, 0.4) is 0 Å². The molecule has 1 N–H and O–H groups in total. The van der Waals surface area contributed by atoms with Crippen LogP contribution >= 0.6 is 0 Å². The SMILES string of the molecule is C=CCOCC(O)COC(=O)C(CC(=O)OCCCCCCCCC)S(=O)(=O)[O-].[Na+]. The van der Waals surface area contributed by atoms with Gasteiger partial charge >= 0.3 is 41.5 Å². The van der Waals surface area contributed by atoms with Crippen LogP contribution in [-0.2, 0) is 33.9 Å². The first-order chi connectivity index (χ1) is 13.7. The molecular formula is C19H33NaO9S. The monoisotopic (exact) mass is 460 g/mol. The molecule has 0 heterocycles. The Kier molecular flexibility index (Phi) is 20.3. The second-order valence-electron chi connectivity index (χ2n) is 6.64. The van der Waals surface area contributed by atoms with Crippen molar-refractivity contribution in [1.82, 2.24) is 0 Å². The van der Waals surface area contributed by atoms with E-state index in [1.165, 1.54) is 12.5 Å². The van der Waals surface area contributed by atoms with E-state index in [1.807, 2.05) is 0 Å². The number of carbonyl (C=O) groups excluding carboxylic acids is 2. The summed E-state index contributed by atoms with van der Waals surface area (Å²) in [5, 5.41) is 7.35. The maximum absolute atomic E-state index is 11.9. The van der Waals surface area contributed by atoms with Gasteiger partial charge < -0.3 is 23.9 Å². The molecule has 11 heteroatoms. The Morgan fingerprint density at radius 2 is 1.67 bits per heavy atom. The van der Waals surface area contributed by atoms with Gasteiger partial charge in [-0.2, -0.15) is 0 Å². The second-order valence-corrected chi connectivity index (χ2v) is 8.19. The van der Waals surface area contributed by atoms with Gasteiger partial charge in [-0.3, -0.25) is 9.59 Å². The molecule has 0 aromatic carbocycles. The predicted molar refractivity (Wildman–Crippen MR) is 105 cm³/mol. The van der Waals surface area contributed by atoms with Crippen LogP contribution in [-0.4, -0.2) is 67.8 Å². The molecule has 0 saturated heterocycles. The van der Waals surface area contributed by atoms with E-state index in [0.717, 1.165) is 32.1 Å². The first kappa shape index (κ1) is 31.7. The molecule has 0 radical (unpaired) electrons. The van der Waals surface area contributed by atoms with E-state index < -0.39 is 46.4 Å².